The average Bonchev–Trinajstić information content (AvgIpc) is 2.44. The second kappa shape index (κ2) is 6.99. The molecule has 0 radical (unpaired) electrons. The van der Waals surface area contributed by atoms with Crippen LogP contribution in [0.2, 0.25) is 0 Å². The van der Waals surface area contributed by atoms with Crippen molar-refractivity contribution in [3.8, 4) is 11.6 Å². The van der Waals surface area contributed by atoms with Crippen LogP contribution in [0.4, 0.5) is 0 Å². The molecule has 1 aromatic carbocycles. The monoisotopic (exact) mass is 328 g/mol. The largest absolute Gasteiger partial charge is 0.373 e. The van der Waals surface area contributed by atoms with Crippen LogP contribution < -0.4 is 0 Å². The van der Waals surface area contributed by atoms with Gasteiger partial charge in [-0.25, -0.2) is 0 Å². The number of aliphatic hydroxyl groups is 1. The average molecular weight is 329 g/mol. The summed E-state index contributed by atoms with van der Waals surface area (Å²) in [6.07, 6.45) is 0. The number of benzene rings is 1. The highest BCUT2D eigenvalue weighted by molar-refractivity contribution is 7.65. The molecule has 1 rings (SSSR count). The van der Waals surface area contributed by atoms with E-state index in [0.717, 1.165) is 0 Å². The smallest absolute Gasteiger partial charge is 0.310 e. The molecule has 2 unspecified atom stereocenters. The molecule has 1 aromatic rings. The van der Waals surface area contributed by atoms with Crippen LogP contribution in [0.1, 0.15) is 33.3 Å². The van der Waals surface area contributed by atoms with Crippen LogP contribution in [0, 0.1) is 17.0 Å². The van der Waals surface area contributed by atoms with Gasteiger partial charge in [0, 0.05) is 5.41 Å². The lowest BCUT2D eigenvalue weighted by Crippen LogP contribution is -2.28. The predicted octanol–water partition coefficient (Wildman–Crippen LogP) is 4.39. The van der Waals surface area contributed by atoms with Crippen molar-refractivity contribution in [1.29, 1.82) is 0 Å². The van der Waals surface area contributed by atoms with Gasteiger partial charge in [-0.15, -0.1) is 11.6 Å². The quantitative estimate of drug-likeness (QED) is 0.495. The van der Waals surface area contributed by atoms with Gasteiger partial charge < -0.3 is 9.63 Å². The number of hydrogen-bond acceptors (Lipinski definition) is 3. The summed E-state index contributed by atoms with van der Waals surface area (Å²) in [5.41, 5.74) is 2.77. The van der Waals surface area contributed by atoms with Crippen molar-refractivity contribution < 1.29 is 14.2 Å². The van der Waals surface area contributed by atoms with Crippen molar-refractivity contribution in [1.82, 2.24) is 0 Å². The van der Waals surface area contributed by atoms with Crippen LogP contribution in [-0.4, -0.2) is 17.6 Å². The van der Waals surface area contributed by atoms with E-state index in [9.17, 15) is 9.67 Å². The van der Waals surface area contributed by atoms with Gasteiger partial charge >= 0.3 is 7.37 Å². The molecule has 0 saturated carbocycles. The van der Waals surface area contributed by atoms with E-state index in [2.05, 4.69) is 11.6 Å². The first kappa shape index (κ1) is 18.3. The normalized spacial score (nSPS) is 17.2. The maximum Gasteiger partial charge on any atom is 0.310 e. The van der Waals surface area contributed by atoms with Crippen LogP contribution in [0.25, 0.3) is 0 Å². The fourth-order valence-electron chi connectivity index (χ4n) is 1.69. The second-order valence-corrected chi connectivity index (χ2v) is 8.36. The Morgan fingerprint density at radius 2 is 1.86 bits per heavy atom. The van der Waals surface area contributed by atoms with Crippen LogP contribution in [0.15, 0.2) is 30.3 Å². The Kier molecular flexibility index (Phi) is 6.08. The van der Waals surface area contributed by atoms with E-state index in [-0.39, 0.29) is 17.9 Å². The highest BCUT2D eigenvalue weighted by Crippen LogP contribution is 2.62. The van der Waals surface area contributed by atoms with Gasteiger partial charge in [0.25, 0.3) is 0 Å². The summed E-state index contributed by atoms with van der Waals surface area (Å²) < 4.78 is 18.6. The maximum absolute atomic E-state index is 13.2. The third-order valence-corrected chi connectivity index (χ3v) is 5.79. The summed E-state index contributed by atoms with van der Waals surface area (Å²) in [6.45, 7) is 7.60. The second-order valence-electron chi connectivity index (χ2n) is 5.77. The molecular weight excluding hydrogens is 307 g/mol. The molecule has 3 nitrogen and oxygen atoms in total. The highest BCUT2D eigenvalue weighted by Gasteiger charge is 2.48. The molecule has 0 amide bonds. The summed E-state index contributed by atoms with van der Waals surface area (Å²) in [6, 6.07) is 8.66. The van der Waals surface area contributed by atoms with Crippen molar-refractivity contribution in [2.75, 3.05) is 12.5 Å². The van der Waals surface area contributed by atoms with Crippen molar-refractivity contribution >= 4 is 19.0 Å². The van der Waals surface area contributed by atoms with Gasteiger partial charge in [-0.3, -0.25) is 4.57 Å². The topological polar surface area (TPSA) is 46.5 Å². The third-order valence-electron chi connectivity index (χ3n) is 2.80. The van der Waals surface area contributed by atoms with Crippen LogP contribution in [-0.2, 0) is 14.4 Å². The zero-order chi connectivity index (χ0) is 16.1. The van der Waals surface area contributed by atoms with Crippen LogP contribution in [0.5, 0.6) is 0 Å². The third kappa shape index (κ3) is 4.34. The summed E-state index contributed by atoms with van der Waals surface area (Å²) in [5.74, 6) is 2.64. The predicted molar refractivity (Wildman–Crippen MR) is 87.5 cm³/mol. The highest BCUT2D eigenvalue weighted by atomic mass is 35.5. The first-order valence-corrected chi connectivity index (χ1v) is 8.97. The molecular formula is C16H22ClO3P. The molecule has 0 heterocycles. The van der Waals surface area contributed by atoms with Crippen molar-refractivity contribution in [3.63, 3.8) is 0 Å². The Bertz CT molecular complexity index is 569. The minimum absolute atomic E-state index is 0.183. The van der Waals surface area contributed by atoms with Crippen LogP contribution in [0.3, 0.4) is 0 Å². The molecule has 0 aromatic heterocycles. The van der Waals surface area contributed by atoms with Gasteiger partial charge in [0.1, 0.15) is 0 Å². The van der Waals surface area contributed by atoms with E-state index in [1.165, 1.54) is 0 Å². The molecule has 1 N–H and O–H groups in total. The first-order valence-electron chi connectivity index (χ1n) is 6.81. The minimum Gasteiger partial charge on any atom is -0.373 e. The van der Waals surface area contributed by atoms with Crippen molar-refractivity contribution in [2.45, 2.75) is 33.0 Å². The number of halogens is 1. The van der Waals surface area contributed by atoms with Gasteiger partial charge in [0.2, 0.25) is 0 Å². The molecule has 0 saturated heterocycles. The summed E-state index contributed by atoms with van der Waals surface area (Å²) in [4.78, 5) is 0. The van der Waals surface area contributed by atoms with Crippen molar-refractivity contribution in [3.05, 3.63) is 35.9 Å². The lowest BCUT2D eigenvalue weighted by molar-refractivity contribution is 0.125. The molecule has 0 spiro atoms. The Morgan fingerprint density at radius 1 is 1.29 bits per heavy atom. The number of hydrogen-bond donors (Lipinski definition) is 1. The molecule has 5 heteroatoms. The molecule has 0 aliphatic carbocycles. The molecule has 116 valence electrons. The standard InChI is InChI=1S/C16H22ClO3P/c1-5-20-21(19,12-11-15(2,3)4)16(18,13-17)14-9-7-6-8-10-14/h6-10,18H,5,13H2,1-4H3. The fourth-order valence-corrected chi connectivity index (χ4v) is 4.27. The Balaban J connectivity index is 3.42. The molecule has 0 aliphatic heterocycles. The fraction of sp³-hybridized carbons (Fsp3) is 0.500. The minimum atomic E-state index is -3.70. The summed E-state index contributed by atoms with van der Waals surface area (Å²) in [7, 11) is -3.70. The summed E-state index contributed by atoms with van der Waals surface area (Å²) >= 11 is 5.94. The van der Waals surface area contributed by atoms with Crippen molar-refractivity contribution in [2.24, 2.45) is 5.41 Å². The number of alkyl halides is 1. The molecule has 2 atom stereocenters. The zero-order valence-electron chi connectivity index (χ0n) is 12.9. The SMILES string of the molecule is CCOP(=O)(C#CC(C)(C)C)C(O)(CCl)c1ccccc1. The molecule has 0 aliphatic rings. The molecule has 0 bridgehead atoms. The van der Waals surface area contributed by atoms with Crippen LogP contribution >= 0.6 is 19.0 Å². The van der Waals surface area contributed by atoms with Gasteiger partial charge in [0.15, 0.2) is 5.34 Å². The summed E-state index contributed by atoms with van der Waals surface area (Å²) in [5, 5.41) is 9.10. The number of rotatable bonds is 5. The molecule has 21 heavy (non-hydrogen) atoms. The van der Waals surface area contributed by atoms with Gasteiger partial charge in [-0.2, -0.15) is 0 Å². The van der Waals surface area contributed by atoms with E-state index >= 15 is 0 Å². The van der Waals surface area contributed by atoms with E-state index < -0.39 is 12.7 Å². The Hall–Kier alpha value is -0.780. The van der Waals surface area contributed by atoms with Gasteiger partial charge in [-0.1, -0.05) is 36.3 Å². The van der Waals surface area contributed by atoms with E-state index in [4.69, 9.17) is 16.1 Å². The first-order chi connectivity index (χ1) is 9.68. The van der Waals surface area contributed by atoms with Gasteiger partial charge in [-0.05, 0) is 38.9 Å². The molecule has 0 fully saturated rings. The Morgan fingerprint density at radius 3 is 2.29 bits per heavy atom. The van der Waals surface area contributed by atoms with Gasteiger partial charge in [0.05, 0.1) is 12.5 Å². The van der Waals surface area contributed by atoms with E-state index in [0.29, 0.717) is 5.56 Å². The lowest BCUT2D eigenvalue weighted by Gasteiger charge is -2.31. The van der Waals surface area contributed by atoms with E-state index in [1.807, 2.05) is 26.8 Å². The van der Waals surface area contributed by atoms with E-state index in [1.54, 1.807) is 31.2 Å². The lowest BCUT2D eigenvalue weighted by atomic mass is 9.99. The zero-order valence-corrected chi connectivity index (χ0v) is 14.5. The Labute approximate surface area is 132 Å². The maximum atomic E-state index is 13.2.